The van der Waals surface area contributed by atoms with Crippen molar-refractivity contribution in [1.82, 2.24) is 0 Å². The summed E-state index contributed by atoms with van der Waals surface area (Å²) in [5.41, 5.74) is 0. The van der Waals surface area contributed by atoms with E-state index >= 15 is 0 Å². The van der Waals surface area contributed by atoms with Gasteiger partial charge in [0.2, 0.25) is 0 Å². The standard InChI is InChI=1S/C14H27NO2.HI/c1-4-6-7-8-9-10-11-15(3)12-13-17-14(16)5-2;/h5H,2,4,6-13H2,1,3H3;1H. The van der Waals surface area contributed by atoms with Gasteiger partial charge >= 0.3 is 5.97 Å². The molecule has 0 amide bonds. The number of carbonyl (C=O) groups excluding carboxylic acids is 1. The van der Waals surface area contributed by atoms with E-state index in [4.69, 9.17) is 4.74 Å². The fraction of sp³-hybridized carbons (Fsp3) is 0.786. The van der Waals surface area contributed by atoms with Crippen molar-refractivity contribution in [2.24, 2.45) is 0 Å². The number of nitrogens with one attached hydrogen (secondary N) is 1. The van der Waals surface area contributed by atoms with Crippen molar-refractivity contribution in [3.63, 3.8) is 0 Å². The number of halogens is 1. The Morgan fingerprint density at radius 3 is 2.39 bits per heavy atom. The first-order valence-electron chi connectivity index (χ1n) is 6.81. The topological polar surface area (TPSA) is 30.7 Å². The number of esters is 1. The van der Waals surface area contributed by atoms with Gasteiger partial charge in [-0.3, -0.25) is 0 Å². The lowest BCUT2D eigenvalue weighted by molar-refractivity contribution is -0.880. The van der Waals surface area contributed by atoms with E-state index in [1.54, 1.807) is 0 Å². The second-order valence-corrected chi connectivity index (χ2v) is 4.60. The number of unbranched alkanes of at least 4 members (excludes halogenated alkanes) is 5. The number of rotatable bonds is 11. The summed E-state index contributed by atoms with van der Waals surface area (Å²) in [6.07, 6.45) is 9.19. The van der Waals surface area contributed by atoms with Crippen LogP contribution in [-0.2, 0) is 9.53 Å². The Morgan fingerprint density at radius 2 is 1.78 bits per heavy atom. The van der Waals surface area contributed by atoms with Crippen LogP contribution < -0.4 is 28.9 Å². The van der Waals surface area contributed by atoms with E-state index in [2.05, 4.69) is 20.6 Å². The van der Waals surface area contributed by atoms with E-state index in [0.29, 0.717) is 6.61 Å². The number of carbonyl (C=O) groups is 1. The Hall–Kier alpha value is -0.100. The molecule has 0 aromatic carbocycles. The molecule has 4 heteroatoms. The van der Waals surface area contributed by atoms with Gasteiger partial charge in [0.25, 0.3) is 0 Å². The minimum Gasteiger partial charge on any atom is -1.00 e. The van der Waals surface area contributed by atoms with Gasteiger partial charge in [0.15, 0.2) is 0 Å². The van der Waals surface area contributed by atoms with Crippen LogP contribution >= 0.6 is 0 Å². The molecule has 3 nitrogen and oxygen atoms in total. The van der Waals surface area contributed by atoms with E-state index in [1.807, 2.05) is 0 Å². The predicted molar refractivity (Wildman–Crippen MR) is 71.2 cm³/mol. The van der Waals surface area contributed by atoms with Crippen molar-refractivity contribution in [3.8, 4) is 0 Å². The van der Waals surface area contributed by atoms with Crippen molar-refractivity contribution in [1.29, 1.82) is 0 Å². The van der Waals surface area contributed by atoms with Gasteiger partial charge in [-0.1, -0.05) is 39.2 Å². The molecule has 0 aliphatic carbocycles. The minimum atomic E-state index is -0.322. The van der Waals surface area contributed by atoms with E-state index in [0.717, 1.165) is 13.1 Å². The summed E-state index contributed by atoms with van der Waals surface area (Å²) in [5, 5.41) is 0. The molecule has 0 rings (SSSR count). The third-order valence-electron chi connectivity index (χ3n) is 2.90. The van der Waals surface area contributed by atoms with Gasteiger partial charge in [-0.15, -0.1) is 0 Å². The number of ether oxygens (including phenoxy) is 1. The Bertz CT molecular complexity index is 210. The molecule has 0 fully saturated rings. The van der Waals surface area contributed by atoms with Crippen molar-refractivity contribution in [3.05, 3.63) is 12.7 Å². The average molecular weight is 369 g/mol. The van der Waals surface area contributed by atoms with Crippen molar-refractivity contribution in [2.45, 2.75) is 45.4 Å². The SMILES string of the molecule is C=CC(=O)OCC[NH+](C)CCCCCCCC.[I-]. The number of hydrogen-bond donors (Lipinski definition) is 1. The quantitative estimate of drug-likeness (QED) is 0.210. The fourth-order valence-electron chi connectivity index (χ4n) is 1.72. The van der Waals surface area contributed by atoms with Crippen LogP contribution in [0.1, 0.15) is 45.4 Å². The lowest BCUT2D eigenvalue weighted by atomic mass is 10.1. The number of quaternary nitrogens is 1. The number of likely N-dealkylation sites (N-methyl/N-ethyl adjacent to an activating group) is 1. The van der Waals surface area contributed by atoms with E-state index in [9.17, 15) is 4.79 Å². The van der Waals surface area contributed by atoms with E-state index in [-0.39, 0.29) is 29.9 Å². The molecule has 0 aromatic rings. The van der Waals surface area contributed by atoms with Crippen LogP contribution in [0.25, 0.3) is 0 Å². The van der Waals surface area contributed by atoms with Crippen molar-refractivity contribution in [2.75, 3.05) is 26.7 Å². The largest absolute Gasteiger partial charge is 1.00 e. The molecule has 0 heterocycles. The molecule has 1 unspecified atom stereocenters. The highest BCUT2D eigenvalue weighted by Gasteiger charge is 2.03. The highest BCUT2D eigenvalue weighted by atomic mass is 127. The molecule has 1 N–H and O–H groups in total. The highest BCUT2D eigenvalue weighted by Crippen LogP contribution is 2.03. The molecule has 0 spiro atoms. The molecule has 18 heavy (non-hydrogen) atoms. The molecule has 0 radical (unpaired) electrons. The van der Waals surface area contributed by atoms with Gasteiger partial charge in [0.1, 0.15) is 13.2 Å². The molecule has 108 valence electrons. The first-order valence-corrected chi connectivity index (χ1v) is 6.81. The van der Waals surface area contributed by atoms with Crippen LogP contribution in [0.15, 0.2) is 12.7 Å². The first-order chi connectivity index (χ1) is 8.20. The Labute approximate surface area is 129 Å². The molecule has 0 aliphatic rings. The molecular weight excluding hydrogens is 341 g/mol. The molecule has 0 bridgehead atoms. The Kier molecular flexibility index (Phi) is 16.8. The lowest BCUT2D eigenvalue weighted by Crippen LogP contribution is -3.09. The molecule has 0 saturated heterocycles. The summed E-state index contributed by atoms with van der Waals surface area (Å²) in [7, 11) is 2.15. The summed E-state index contributed by atoms with van der Waals surface area (Å²) in [6.45, 7) is 8.14. The zero-order chi connectivity index (χ0) is 12.9. The third-order valence-corrected chi connectivity index (χ3v) is 2.90. The van der Waals surface area contributed by atoms with Gasteiger partial charge in [-0.2, -0.15) is 0 Å². The van der Waals surface area contributed by atoms with Crippen molar-refractivity contribution >= 4 is 5.97 Å². The normalized spacial score (nSPS) is 11.4. The minimum absolute atomic E-state index is 0. The lowest BCUT2D eigenvalue weighted by Gasteiger charge is -2.13. The second kappa shape index (κ2) is 15.0. The highest BCUT2D eigenvalue weighted by molar-refractivity contribution is 5.81. The third kappa shape index (κ3) is 14.0. The van der Waals surface area contributed by atoms with Crippen LogP contribution in [0.4, 0.5) is 0 Å². The van der Waals surface area contributed by atoms with Gasteiger partial charge in [-0.05, 0) is 12.8 Å². The van der Waals surface area contributed by atoms with Crippen LogP contribution in [0.3, 0.4) is 0 Å². The van der Waals surface area contributed by atoms with Crippen LogP contribution in [-0.4, -0.2) is 32.7 Å². The molecule has 0 saturated carbocycles. The molecular formula is C14H28INO2. The summed E-state index contributed by atoms with van der Waals surface area (Å²) < 4.78 is 4.94. The van der Waals surface area contributed by atoms with Crippen LogP contribution in [0, 0.1) is 0 Å². The number of hydrogen-bond acceptors (Lipinski definition) is 2. The summed E-state index contributed by atoms with van der Waals surface area (Å²) in [4.78, 5) is 12.2. The smallest absolute Gasteiger partial charge is 0.330 e. The molecule has 0 aromatic heterocycles. The van der Waals surface area contributed by atoms with Crippen molar-refractivity contribution < 1.29 is 38.4 Å². The zero-order valence-electron chi connectivity index (χ0n) is 11.8. The van der Waals surface area contributed by atoms with Crippen LogP contribution in [0.2, 0.25) is 0 Å². The summed E-state index contributed by atoms with van der Waals surface area (Å²) >= 11 is 0. The van der Waals surface area contributed by atoms with Crippen LogP contribution in [0.5, 0.6) is 0 Å². The maximum Gasteiger partial charge on any atom is 0.330 e. The van der Waals surface area contributed by atoms with Gasteiger partial charge in [0.05, 0.1) is 13.6 Å². The van der Waals surface area contributed by atoms with E-state index < -0.39 is 0 Å². The monoisotopic (exact) mass is 369 g/mol. The van der Waals surface area contributed by atoms with Gasteiger partial charge in [-0.25, -0.2) is 4.79 Å². The summed E-state index contributed by atoms with van der Waals surface area (Å²) in [5.74, 6) is -0.322. The molecule has 0 aliphatic heterocycles. The average Bonchev–Trinajstić information content (AvgIpc) is 2.33. The predicted octanol–water partition coefficient (Wildman–Crippen LogP) is -1.41. The summed E-state index contributed by atoms with van der Waals surface area (Å²) in [6, 6.07) is 0. The van der Waals surface area contributed by atoms with E-state index in [1.165, 1.54) is 49.5 Å². The van der Waals surface area contributed by atoms with Gasteiger partial charge < -0.3 is 33.6 Å². The maximum atomic E-state index is 10.8. The molecule has 1 atom stereocenters. The second-order valence-electron chi connectivity index (χ2n) is 4.60. The Balaban J connectivity index is 0. The maximum absolute atomic E-state index is 10.8. The van der Waals surface area contributed by atoms with Gasteiger partial charge in [0, 0.05) is 6.08 Å². The fourth-order valence-corrected chi connectivity index (χ4v) is 1.72. The Morgan fingerprint density at radius 1 is 1.17 bits per heavy atom. The first kappa shape index (κ1) is 20.2. The zero-order valence-corrected chi connectivity index (χ0v) is 14.0.